The Morgan fingerprint density at radius 1 is 1.44 bits per heavy atom. The summed E-state index contributed by atoms with van der Waals surface area (Å²) in [6.07, 6.45) is 0.728. The van der Waals surface area contributed by atoms with E-state index in [0.29, 0.717) is 13.2 Å². The zero-order valence-electron chi connectivity index (χ0n) is 9.35. The largest absolute Gasteiger partial charge is 0.494 e. The lowest BCUT2D eigenvalue weighted by molar-refractivity contribution is -0.118. The second kappa shape index (κ2) is 4.53. The van der Waals surface area contributed by atoms with Crippen LogP contribution in [0.2, 0.25) is 0 Å². The molecule has 0 radical (unpaired) electrons. The molecule has 0 bridgehead atoms. The van der Waals surface area contributed by atoms with Crippen molar-refractivity contribution in [2.45, 2.75) is 19.4 Å². The van der Waals surface area contributed by atoms with Gasteiger partial charge in [0.25, 0.3) is 0 Å². The number of carbonyl (C=O) groups is 1. The van der Waals surface area contributed by atoms with E-state index >= 15 is 0 Å². The number of nitrogens with zero attached hydrogens (tertiary/aromatic N) is 1. The van der Waals surface area contributed by atoms with E-state index in [1.165, 1.54) is 0 Å². The molecule has 1 amide bonds. The van der Waals surface area contributed by atoms with Crippen molar-refractivity contribution < 1.29 is 9.53 Å². The molecule has 86 valence electrons. The van der Waals surface area contributed by atoms with E-state index < -0.39 is 0 Å². The molecule has 1 aromatic rings. The van der Waals surface area contributed by atoms with Gasteiger partial charge in [0.2, 0.25) is 5.91 Å². The van der Waals surface area contributed by atoms with Crippen LogP contribution in [-0.4, -0.2) is 25.1 Å². The molecule has 0 spiro atoms. The molecule has 1 aliphatic heterocycles. The van der Waals surface area contributed by atoms with Gasteiger partial charge in [-0.2, -0.15) is 0 Å². The topological polar surface area (TPSA) is 55.6 Å². The van der Waals surface area contributed by atoms with Gasteiger partial charge >= 0.3 is 0 Å². The van der Waals surface area contributed by atoms with Crippen molar-refractivity contribution in [2.24, 2.45) is 5.73 Å². The summed E-state index contributed by atoms with van der Waals surface area (Å²) < 4.78 is 5.34. The molecule has 2 N–H and O–H groups in total. The Bertz CT molecular complexity index is 375. The summed E-state index contributed by atoms with van der Waals surface area (Å²) in [4.78, 5) is 13.4. The van der Waals surface area contributed by atoms with Gasteiger partial charge in [-0.05, 0) is 37.6 Å². The number of rotatable bonds is 3. The molecule has 1 heterocycles. The predicted molar refractivity (Wildman–Crippen MR) is 62.6 cm³/mol. The minimum absolute atomic E-state index is 0.00385. The first kappa shape index (κ1) is 11.0. The van der Waals surface area contributed by atoms with Crippen molar-refractivity contribution in [3.05, 3.63) is 24.3 Å². The minimum Gasteiger partial charge on any atom is -0.494 e. The van der Waals surface area contributed by atoms with Gasteiger partial charge in [0.05, 0.1) is 12.6 Å². The lowest BCUT2D eigenvalue weighted by Gasteiger charge is -2.16. The highest BCUT2D eigenvalue weighted by molar-refractivity contribution is 5.99. The van der Waals surface area contributed by atoms with Gasteiger partial charge in [-0.15, -0.1) is 0 Å². The SMILES string of the molecule is CCOc1ccc(N2CCC(N)C2=O)cc1. The maximum Gasteiger partial charge on any atom is 0.243 e. The Hall–Kier alpha value is -1.55. The Labute approximate surface area is 95.0 Å². The van der Waals surface area contributed by atoms with E-state index in [4.69, 9.17) is 10.5 Å². The van der Waals surface area contributed by atoms with Gasteiger partial charge in [-0.25, -0.2) is 0 Å². The monoisotopic (exact) mass is 220 g/mol. The summed E-state index contributed by atoms with van der Waals surface area (Å²) in [5.74, 6) is 0.825. The van der Waals surface area contributed by atoms with E-state index in [9.17, 15) is 4.79 Å². The van der Waals surface area contributed by atoms with Gasteiger partial charge in [0.1, 0.15) is 5.75 Å². The molecule has 1 aliphatic rings. The average molecular weight is 220 g/mol. The number of ether oxygens (including phenoxy) is 1. The van der Waals surface area contributed by atoms with Crippen molar-refractivity contribution in [1.82, 2.24) is 0 Å². The summed E-state index contributed by atoms with van der Waals surface area (Å²) in [7, 11) is 0. The lowest BCUT2D eigenvalue weighted by atomic mass is 10.2. The summed E-state index contributed by atoms with van der Waals surface area (Å²) >= 11 is 0. The van der Waals surface area contributed by atoms with E-state index in [1.54, 1.807) is 4.90 Å². The maximum absolute atomic E-state index is 11.7. The summed E-state index contributed by atoms with van der Waals surface area (Å²) in [5, 5.41) is 0. The van der Waals surface area contributed by atoms with Gasteiger partial charge in [-0.1, -0.05) is 0 Å². The van der Waals surface area contributed by atoms with Gasteiger partial charge in [-0.3, -0.25) is 4.79 Å². The third-order valence-corrected chi connectivity index (χ3v) is 2.71. The van der Waals surface area contributed by atoms with Crippen LogP contribution in [0.3, 0.4) is 0 Å². The highest BCUT2D eigenvalue weighted by atomic mass is 16.5. The van der Waals surface area contributed by atoms with Crippen LogP contribution in [0.25, 0.3) is 0 Å². The average Bonchev–Trinajstić information content (AvgIpc) is 2.62. The number of anilines is 1. The molecule has 2 rings (SSSR count). The highest BCUT2D eigenvalue weighted by Crippen LogP contribution is 2.23. The predicted octanol–water partition coefficient (Wildman–Crippen LogP) is 1.15. The first-order valence-corrected chi connectivity index (χ1v) is 5.52. The van der Waals surface area contributed by atoms with Gasteiger partial charge < -0.3 is 15.4 Å². The first-order chi connectivity index (χ1) is 7.72. The van der Waals surface area contributed by atoms with E-state index in [0.717, 1.165) is 17.9 Å². The van der Waals surface area contributed by atoms with Crippen molar-refractivity contribution >= 4 is 11.6 Å². The molecule has 4 nitrogen and oxygen atoms in total. The standard InChI is InChI=1S/C12H16N2O2/c1-2-16-10-5-3-9(4-6-10)14-8-7-11(13)12(14)15/h3-6,11H,2,7-8,13H2,1H3. The van der Waals surface area contributed by atoms with E-state index in [-0.39, 0.29) is 11.9 Å². The third-order valence-electron chi connectivity index (χ3n) is 2.71. The number of hydrogen-bond donors (Lipinski definition) is 1. The maximum atomic E-state index is 11.7. The minimum atomic E-state index is -0.341. The first-order valence-electron chi connectivity index (χ1n) is 5.52. The zero-order valence-corrected chi connectivity index (χ0v) is 9.35. The summed E-state index contributed by atoms with van der Waals surface area (Å²) in [6.45, 7) is 3.29. The van der Waals surface area contributed by atoms with Crippen LogP contribution >= 0.6 is 0 Å². The fourth-order valence-corrected chi connectivity index (χ4v) is 1.85. The van der Waals surface area contributed by atoms with Crippen LogP contribution in [0.1, 0.15) is 13.3 Å². The van der Waals surface area contributed by atoms with Crippen LogP contribution in [-0.2, 0) is 4.79 Å². The second-order valence-corrected chi connectivity index (χ2v) is 3.81. The lowest BCUT2D eigenvalue weighted by Crippen LogP contribution is -2.33. The fourth-order valence-electron chi connectivity index (χ4n) is 1.85. The highest BCUT2D eigenvalue weighted by Gasteiger charge is 2.29. The Morgan fingerprint density at radius 3 is 2.62 bits per heavy atom. The van der Waals surface area contributed by atoms with Gasteiger partial charge in [0.15, 0.2) is 0 Å². The number of amides is 1. The van der Waals surface area contributed by atoms with Crippen molar-refractivity contribution in [3.63, 3.8) is 0 Å². The molecule has 0 saturated carbocycles. The van der Waals surface area contributed by atoms with Crippen LogP contribution in [0.15, 0.2) is 24.3 Å². The quantitative estimate of drug-likeness (QED) is 0.831. The molecule has 0 aliphatic carbocycles. The molecule has 1 saturated heterocycles. The van der Waals surface area contributed by atoms with Gasteiger partial charge in [0, 0.05) is 12.2 Å². The number of hydrogen-bond acceptors (Lipinski definition) is 3. The molecule has 1 aromatic carbocycles. The van der Waals surface area contributed by atoms with Crippen LogP contribution in [0.4, 0.5) is 5.69 Å². The molecule has 1 unspecified atom stereocenters. The molecule has 1 atom stereocenters. The molecule has 1 fully saturated rings. The zero-order chi connectivity index (χ0) is 11.5. The Morgan fingerprint density at radius 2 is 2.12 bits per heavy atom. The summed E-state index contributed by atoms with van der Waals surface area (Å²) in [5.41, 5.74) is 6.56. The van der Waals surface area contributed by atoms with Crippen LogP contribution in [0.5, 0.6) is 5.75 Å². The van der Waals surface area contributed by atoms with Crippen molar-refractivity contribution in [1.29, 1.82) is 0 Å². The Balaban J connectivity index is 2.13. The number of nitrogens with two attached hydrogens (primary N) is 1. The molecule has 16 heavy (non-hydrogen) atoms. The summed E-state index contributed by atoms with van der Waals surface area (Å²) in [6, 6.07) is 7.18. The third kappa shape index (κ3) is 2.02. The van der Waals surface area contributed by atoms with Crippen LogP contribution in [0, 0.1) is 0 Å². The van der Waals surface area contributed by atoms with Crippen molar-refractivity contribution in [3.8, 4) is 5.75 Å². The molecule has 0 aromatic heterocycles. The molecular weight excluding hydrogens is 204 g/mol. The van der Waals surface area contributed by atoms with Crippen LogP contribution < -0.4 is 15.4 Å². The van der Waals surface area contributed by atoms with Crippen molar-refractivity contribution in [2.75, 3.05) is 18.1 Å². The molecule has 4 heteroatoms. The Kier molecular flexibility index (Phi) is 3.10. The second-order valence-electron chi connectivity index (χ2n) is 3.81. The molecular formula is C12H16N2O2. The normalized spacial score (nSPS) is 20.2. The number of benzene rings is 1. The number of carbonyl (C=O) groups excluding carboxylic acids is 1. The smallest absolute Gasteiger partial charge is 0.243 e. The fraction of sp³-hybridized carbons (Fsp3) is 0.417. The van der Waals surface area contributed by atoms with E-state index in [2.05, 4.69) is 0 Å². The van der Waals surface area contributed by atoms with E-state index in [1.807, 2.05) is 31.2 Å².